The molecule has 1 aromatic heterocycles. The largest absolute Gasteiger partial charge is 0.393 e. The number of pyridine rings is 1. The van der Waals surface area contributed by atoms with Crippen LogP contribution in [0.3, 0.4) is 0 Å². The third kappa shape index (κ3) is 2.28. The van der Waals surface area contributed by atoms with E-state index in [2.05, 4.69) is 9.88 Å². The van der Waals surface area contributed by atoms with Crippen LogP contribution < -0.4 is 10.6 Å². The van der Waals surface area contributed by atoms with E-state index in [0.29, 0.717) is 5.82 Å². The predicted molar refractivity (Wildman–Crippen MR) is 65.0 cm³/mol. The molecule has 7 nitrogen and oxygen atoms in total. The second-order valence-electron chi connectivity index (χ2n) is 4.12. The minimum atomic E-state index is -0.462. The van der Waals surface area contributed by atoms with Crippen molar-refractivity contribution in [2.24, 2.45) is 0 Å². The van der Waals surface area contributed by atoms with Crippen LogP contribution >= 0.6 is 0 Å². The monoisotopic (exact) mass is 237 g/mol. The molecular weight excluding hydrogens is 222 g/mol. The number of anilines is 2. The molecule has 1 aromatic rings. The van der Waals surface area contributed by atoms with Gasteiger partial charge in [0.2, 0.25) is 5.82 Å². The minimum Gasteiger partial charge on any atom is -0.393 e. The first-order valence-electron chi connectivity index (χ1n) is 5.42. The third-order valence-electron chi connectivity index (χ3n) is 2.92. The molecule has 0 unspecified atom stereocenters. The van der Waals surface area contributed by atoms with Crippen molar-refractivity contribution in [3.05, 3.63) is 22.4 Å². The molecule has 0 aliphatic carbocycles. The zero-order valence-corrected chi connectivity index (χ0v) is 9.67. The van der Waals surface area contributed by atoms with Crippen molar-refractivity contribution >= 4 is 17.2 Å². The lowest BCUT2D eigenvalue weighted by Gasteiger charge is -2.32. The molecule has 0 aromatic carbocycles. The number of nitrogens with zero attached hydrogens (tertiary/aromatic N) is 4. The maximum Gasteiger partial charge on any atom is 0.334 e. The fourth-order valence-electron chi connectivity index (χ4n) is 1.89. The van der Waals surface area contributed by atoms with E-state index in [-0.39, 0.29) is 11.4 Å². The standard InChI is InChI=1S/C10H15N5O2/c1-13-4-6-14(7-5-13)10-9(15(16)17)8(11)2-3-12-10/h2-3H,4-7H2,1H3,(H2,11,12). The molecule has 0 radical (unpaired) electrons. The van der Waals surface area contributed by atoms with Gasteiger partial charge in [0.1, 0.15) is 5.69 Å². The molecule has 0 bridgehead atoms. The number of likely N-dealkylation sites (N-methyl/N-ethyl adjacent to an activating group) is 1. The maximum absolute atomic E-state index is 11.0. The Hall–Kier alpha value is -1.89. The molecule has 0 atom stereocenters. The van der Waals surface area contributed by atoms with Gasteiger partial charge in [-0.15, -0.1) is 0 Å². The Morgan fingerprint density at radius 1 is 1.41 bits per heavy atom. The average Bonchev–Trinajstić information content (AvgIpc) is 2.29. The van der Waals surface area contributed by atoms with E-state index >= 15 is 0 Å². The Kier molecular flexibility index (Phi) is 3.10. The van der Waals surface area contributed by atoms with E-state index in [9.17, 15) is 10.1 Å². The first kappa shape index (κ1) is 11.6. The smallest absolute Gasteiger partial charge is 0.334 e. The van der Waals surface area contributed by atoms with Crippen LogP contribution in [0.2, 0.25) is 0 Å². The second kappa shape index (κ2) is 4.54. The van der Waals surface area contributed by atoms with Crippen LogP contribution in [-0.4, -0.2) is 48.0 Å². The highest BCUT2D eigenvalue weighted by Crippen LogP contribution is 2.31. The molecule has 1 aliphatic rings. The summed E-state index contributed by atoms with van der Waals surface area (Å²) in [5.41, 5.74) is 5.72. The summed E-state index contributed by atoms with van der Waals surface area (Å²) < 4.78 is 0. The molecule has 2 rings (SSSR count). The molecule has 17 heavy (non-hydrogen) atoms. The van der Waals surface area contributed by atoms with Crippen LogP contribution in [0, 0.1) is 10.1 Å². The van der Waals surface area contributed by atoms with Gasteiger partial charge in [-0.25, -0.2) is 4.98 Å². The van der Waals surface area contributed by atoms with Gasteiger partial charge in [0, 0.05) is 32.4 Å². The minimum absolute atomic E-state index is 0.0861. The molecule has 0 saturated carbocycles. The van der Waals surface area contributed by atoms with E-state index in [1.54, 1.807) is 0 Å². The summed E-state index contributed by atoms with van der Waals surface area (Å²) in [6.45, 7) is 3.20. The summed E-state index contributed by atoms with van der Waals surface area (Å²) in [5.74, 6) is 0.378. The van der Waals surface area contributed by atoms with Crippen LogP contribution in [0.15, 0.2) is 12.3 Å². The van der Waals surface area contributed by atoms with E-state index in [4.69, 9.17) is 5.73 Å². The number of hydrogen-bond acceptors (Lipinski definition) is 6. The summed E-state index contributed by atoms with van der Waals surface area (Å²) in [4.78, 5) is 18.7. The molecule has 2 N–H and O–H groups in total. The van der Waals surface area contributed by atoms with Crippen molar-refractivity contribution < 1.29 is 4.92 Å². The molecule has 0 amide bonds. The fraction of sp³-hybridized carbons (Fsp3) is 0.500. The Bertz CT molecular complexity index is 429. The van der Waals surface area contributed by atoms with E-state index in [0.717, 1.165) is 26.2 Å². The van der Waals surface area contributed by atoms with E-state index in [1.165, 1.54) is 12.3 Å². The zero-order valence-electron chi connectivity index (χ0n) is 9.67. The summed E-state index contributed by atoms with van der Waals surface area (Å²) in [7, 11) is 2.03. The normalized spacial score (nSPS) is 17.1. The lowest BCUT2D eigenvalue weighted by atomic mass is 10.2. The van der Waals surface area contributed by atoms with Gasteiger partial charge >= 0.3 is 5.69 Å². The molecule has 2 heterocycles. The summed E-state index contributed by atoms with van der Waals surface area (Å²) >= 11 is 0. The molecule has 7 heteroatoms. The number of nitrogen functional groups attached to an aromatic ring is 1. The average molecular weight is 237 g/mol. The fourth-order valence-corrected chi connectivity index (χ4v) is 1.89. The molecule has 1 aliphatic heterocycles. The maximum atomic E-state index is 11.0. The summed E-state index contributed by atoms with van der Waals surface area (Å²) in [6, 6.07) is 1.46. The van der Waals surface area contributed by atoms with Gasteiger partial charge in [0.25, 0.3) is 0 Å². The van der Waals surface area contributed by atoms with Crippen LogP contribution in [0.5, 0.6) is 0 Å². The zero-order chi connectivity index (χ0) is 12.4. The van der Waals surface area contributed by atoms with Crippen molar-refractivity contribution in [2.45, 2.75) is 0 Å². The van der Waals surface area contributed by atoms with Crippen molar-refractivity contribution in [1.29, 1.82) is 0 Å². The van der Waals surface area contributed by atoms with Crippen LogP contribution in [0.4, 0.5) is 17.2 Å². The van der Waals surface area contributed by atoms with Crippen LogP contribution in [0.1, 0.15) is 0 Å². The topological polar surface area (TPSA) is 88.5 Å². The quantitative estimate of drug-likeness (QED) is 0.588. The number of hydrogen-bond donors (Lipinski definition) is 1. The lowest BCUT2D eigenvalue weighted by Crippen LogP contribution is -2.45. The lowest BCUT2D eigenvalue weighted by molar-refractivity contribution is -0.383. The van der Waals surface area contributed by atoms with Crippen molar-refractivity contribution in [3.63, 3.8) is 0 Å². The van der Waals surface area contributed by atoms with Gasteiger partial charge in [-0.2, -0.15) is 0 Å². The van der Waals surface area contributed by atoms with Gasteiger partial charge < -0.3 is 15.5 Å². The predicted octanol–water partition coefficient (Wildman–Crippen LogP) is 0.324. The highest BCUT2D eigenvalue weighted by atomic mass is 16.6. The van der Waals surface area contributed by atoms with Gasteiger partial charge in [-0.3, -0.25) is 10.1 Å². The number of nitro groups is 1. The summed E-state index contributed by atoms with van der Waals surface area (Å²) in [5, 5.41) is 11.0. The van der Waals surface area contributed by atoms with Gasteiger partial charge in [-0.1, -0.05) is 0 Å². The number of rotatable bonds is 2. The van der Waals surface area contributed by atoms with Gasteiger partial charge in [0.05, 0.1) is 4.92 Å². The van der Waals surface area contributed by atoms with Gasteiger partial charge in [-0.05, 0) is 13.1 Å². The van der Waals surface area contributed by atoms with Crippen molar-refractivity contribution in [1.82, 2.24) is 9.88 Å². The number of nitrogens with two attached hydrogens (primary N) is 1. The highest BCUT2D eigenvalue weighted by Gasteiger charge is 2.26. The Morgan fingerprint density at radius 3 is 2.65 bits per heavy atom. The van der Waals surface area contributed by atoms with Gasteiger partial charge in [0.15, 0.2) is 0 Å². The Labute approximate surface area is 99.0 Å². The van der Waals surface area contributed by atoms with Crippen molar-refractivity contribution in [2.75, 3.05) is 43.9 Å². The molecular formula is C10H15N5O2. The Balaban J connectivity index is 2.32. The highest BCUT2D eigenvalue weighted by molar-refractivity contribution is 5.71. The first-order valence-corrected chi connectivity index (χ1v) is 5.42. The van der Waals surface area contributed by atoms with Crippen LogP contribution in [0.25, 0.3) is 0 Å². The van der Waals surface area contributed by atoms with E-state index in [1.807, 2.05) is 11.9 Å². The third-order valence-corrected chi connectivity index (χ3v) is 2.92. The number of piperazine rings is 1. The number of aromatic nitrogens is 1. The first-order chi connectivity index (χ1) is 8.09. The molecule has 1 fully saturated rings. The SMILES string of the molecule is CN1CCN(c2nccc(N)c2[N+](=O)[O-])CC1. The second-order valence-corrected chi connectivity index (χ2v) is 4.12. The summed E-state index contributed by atoms with van der Waals surface area (Å²) in [6.07, 6.45) is 1.51. The van der Waals surface area contributed by atoms with Crippen molar-refractivity contribution in [3.8, 4) is 0 Å². The molecule has 92 valence electrons. The Morgan fingerprint density at radius 2 is 2.06 bits per heavy atom. The van der Waals surface area contributed by atoms with E-state index < -0.39 is 4.92 Å². The van der Waals surface area contributed by atoms with Crippen LogP contribution in [-0.2, 0) is 0 Å². The molecule has 0 spiro atoms. The molecule has 1 saturated heterocycles.